The summed E-state index contributed by atoms with van der Waals surface area (Å²) >= 11 is 0. The Kier molecular flexibility index (Phi) is 6.06. The van der Waals surface area contributed by atoms with E-state index < -0.39 is 16.4 Å². The largest absolute Gasteiger partial charge is 0.486 e. The molecule has 1 saturated heterocycles. The highest BCUT2D eigenvalue weighted by molar-refractivity contribution is 7.86. The zero-order chi connectivity index (χ0) is 21.4. The van der Waals surface area contributed by atoms with Crippen LogP contribution in [0.2, 0.25) is 0 Å². The third kappa shape index (κ3) is 4.96. The SMILES string of the molecule is CC(C)(C)OC(=O)N1CCC2(CC1)Oc1ccccc1[C@H]2CCS(=O)C(C)(C)C. The molecule has 0 aliphatic carbocycles. The molecule has 0 saturated carbocycles. The number of carbonyl (C=O) groups excluding carboxylic acids is 1. The second-order valence-electron chi connectivity index (χ2n) is 10.2. The average Bonchev–Trinajstić information content (AvgIpc) is 2.90. The maximum atomic E-state index is 12.7. The van der Waals surface area contributed by atoms with Gasteiger partial charge >= 0.3 is 6.09 Å². The fourth-order valence-electron chi connectivity index (χ4n) is 4.23. The molecule has 5 nitrogen and oxygen atoms in total. The lowest BCUT2D eigenvalue weighted by Crippen LogP contribution is -2.51. The van der Waals surface area contributed by atoms with Crippen LogP contribution in [0.15, 0.2) is 24.3 Å². The molecule has 0 radical (unpaired) electrons. The molecule has 1 fully saturated rings. The number of ether oxygens (including phenoxy) is 2. The highest BCUT2D eigenvalue weighted by Gasteiger charge is 2.50. The van der Waals surface area contributed by atoms with Crippen LogP contribution in [0.3, 0.4) is 0 Å². The predicted molar refractivity (Wildman–Crippen MR) is 117 cm³/mol. The molecule has 2 heterocycles. The summed E-state index contributed by atoms with van der Waals surface area (Å²) in [6.07, 6.45) is 2.09. The predicted octanol–water partition coefficient (Wildman–Crippen LogP) is 4.87. The van der Waals surface area contributed by atoms with Crippen LogP contribution in [0.4, 0.5) is 4.79 Å². The number of nitrogens with zero attached hydrogens (tertiary/aromatic N) is 1. The van der Waals surface area contributed by atoms with Crippen LogP contribution in [0.5, 0.6) is 5.75 Å². The van der Waals surface area contributed by atoms with Crippen LogP contribution in [0, 0.1) is 0 Å². The Hall–Kier alpha value is -1.56. The van der Waals surface area contributed by atoms with Crippen molar-refractivity contribution in [1.29, 1.82) is 0 Å². The Morgan fingerprint density at radius 3 is 2.38 bits per heavy atom. The van der Waals surface area contributed by atoms with Crippen molar-refractivity contribution >= 4 is 16.9 Å². The van der Waals surface area contributed by atoms with Crippen molar-refractivity contribution in [3.05, 3.63) is 29.8 Å². The summed E-state index contributed by atoms with van der Waals surface area (Å²) in [7, 11) is -0.897. The number of carbonyl (C=O) groups is 1. The Morgan fingerprint density at radius 1 is 1.17 bits per heavy atom. The minimum Gasteiger partial charge on any atom is -0.486 e. The number of likely N-dealkylation sites (tertiary alicyclic amines) is 1. The number of piperidine rings is 1. The van der Waals surface area contributed by atoms with Gasteiger partial charge in [-0.05, 0) is 54.0 Å². The molecule has 3 rings (SSSR count). The molecule has 1 spiro atoms. The van der Waals surface area contributed by atoms with Gasteiger partial charge in [0.2, 0.25) is 0 Å². The van der Waals surface area contributed by atoms with E-state index in [4.69, 9.17) is 9.47 Å². The molecule has 6 heteroatoms. The first-order chi connectivity index (χ1) is 13.4. The number of hydrogen-bond acceptors (Lipinski definition) is 4. The highest BCUT2D eigenvalue weighted by Crippen LogP contribution is 2.51. The minimum atomic E-state index is -0.897. The van der Waals surface area contributed by atoms with Gasteiger partial charge in [-0.1, -0.05) is 18.2 Å². The highest BCUT2D eigenvalue weighted by atomic mass is 32.2. The van der Waals surface area contributed by atoms with Gasteiger partial charge < -0.3 is 14.4 Å². The molecule has 1 amide bonds. The topological polar surface area (TPSA) is 55.8 Å². The lowest BCUT2D eigenvalue weighted by Gasteiger charge is -2.42. The van der Waals surface area contributed by atoms with Crippen LogP contribution in [-0.4, -0.2) is 50.0 Å². The quantitative estimate of drug-likeness (QED) is 0.699. The van der Waals surface area contributed by atoms with E-state index in [0.717, 1.165) is 25.0 Å². The lowest BCUT2D eigenvalue weighted by molar-refractivity contribution is -0.0192. The normalized spacial score (nSPS) is 22.1. The van der Waals surface area contributed by atoms with Gasteiger partial charge in [0.05, 0.1) is 0 Å². The molecule has 1 aromatic rings. The molecular formula is C23H35NO4S. The van der Waals surface area contributed by atoms with Crippen molar-refractivity contribution < 1.29 is 18.5 Å². The monoisotopic (exact) mass is 421 g/mol. The zero-order valence-corrected chi connectivity index (χ0v) is 19.4. The van der Waals surface area contributed by atoms with E-state index in [2.05, 4.69) is 6.07 Å². The first-order valence-corrected chi connectivity index (χ1v) is 11.9. The maximum absolute atomic E-state index is 12.7. The smallest absolute Gasteiger partial charge is 0.410 e. The average molecular weight is 422 g/mol. The van der Waals surface area contributed by atoms with Gasteiger partial charge in [0.15, 0.2) is 0 Å². The van der Waals surface area contributed by atoms with Gasteiger partial charge in [0.25, 0.3) is 0 Å². The van der Waals surface area contributed by atoms with Crippen molar-refractivity contribution in [2.45, 2.75) is 82.7 Å². The third-order valence-electron chi connectivity index (χ3n) is 5.78. The van der Waals surface area contributed by atoms with Gasteiger partial charge in [-0.25, -0.2) is 4.79 Å². The number of fused-ring (bicyclic) bond motifs is 1. The standard InChI is InChI=1S/C23H35NO4S/c1-21(2,3)28-20(25)24-14-12-23(13-15-24)18(11-16-29(26)22(4,5)6)17-9-7-8-10-19(17)27-23/h7-10,18H,11-16H2,1-6H3/t18-,29?/m1/s1. The van der Waals surface area contributed by atoms with Gasteiger partial charge in [-0.2, -0.15) is 0 Å². The van der Waals surface area contributed by atoms with E-state index >= 15 is 0 Å². The van der Waals surface area contributed by atoms with E-state index in [0.29, 0.717) is 18.8 Å². The van der Waals surface area contributed by atoms with Gasteiger partial charge in [0.1, 0.15) is 17.0 Å². The van der Waals surface area contributed by atoms with Crippen LogP contribution >= 0.6 is 0 Å². The first kappa shape index (κ1) is 22.1. The zero-order valence-electron chi connectivity index (χ0n) is 18.6. The molecule has 29 heavy (non-hydrogen) atoms. The third-order valence-corrected chi connectivity index (χ3v) is 7.75. The van der Waals surface area contributed by atoms with Crippen molar-refractivity contribution in [2.24, 2.45) is 0 Å². The molecule has 2 aliphatic heterocycles. The summed E-state index contributed by atoms with van der Waals surface area (Å²) in [4.78, 5) is 14.2. The Morgan fingerprint density at radius 2 is 1.79 bits per heavy atom. The van der Waals surface area contributed by atoms with Crippen molar-refractivity contribution in [1.82, 2.24) is 4.90 Å². The molecule has 0 bridgehead atoms. The van der Waals surface area contributed by atoms with Gasteiger partial charge in [0, 0.05) is 58.7 Å². The van der Waals surface area contributed by atoms with Gasteiger partial charge in [-0.15, -0.1) is 0 Å². The summed E-state index contributed by atoms with van der Waals surface area (Å²) in [5, 5.41) is 0. The molecule has 1 unspecified atom stereocenters. The second kappa shape index (κ2) is 7.93. The number of rotatable bonds is 3. The molecule has 2 atom stereocenters. The second-order valence-corrected chi connectivity index (χ2v) is 12.5. The number of para-hydroxylation sites is 1. The van der Waals surface area contributed by atoms with E-state index in [1.165, 1.54) is 5.56 Å². The first-order valence-electron chi connectivity index (χ1n) is 10.6. The lowest BCUT2D eigenvalue weighted by atomic mass is 9.76. The molecular weight excluding hydrogens is 386 g/mol. The van der Waals surface area contributed by atoms with Crippen molar-refractivity contribution in [3.63, 3.8) is 0 Å². The summed E-state index contributed by atoms with van der Waals surface area (Å²) in [5.74, 6) is 1.79. The molecule has 1 aromatic carbocycles. The maximum Gasteiger partial charge on any atom is 0.410 e. The molecule has 2 aliphatic rings. The number of benzene rings is 1. The molecule has 162 valence electrons. The summed E-state index contributed by atoms with van der Waals surface area (Å²) in [5.41, 5.74) is 0.389. The fraction of sp³-hybridized carbons (Fsp3) is 0.696. The Bertz CT molecular complexity index is 770. The number of amides is 1. The van der Waals surface area contributed by atoms with E-state index in [1.807, 2.05) is 59.7 Å². The Balaban J connectivity index is 1.74. The van der Waals surface area contributed by atoms with Crippen LogP contribution in [0.1, 0.15) is 72.3 Å². The van der Waals surface area contributed by atoms with Crippen LogP contribution in [-0.2, 0) is 15.5 Å². The van der Waals surface area contributed by atoms with E-state index in [1.54, 1.807) is 4.90 Å². The van der Waals surface area contributed by atoms with Crippen LogP contribution < -0.4 is 4.74 Å². The summed E-state index contributed by atoms with van der Waals surface area (Å²) < 4.78 is 24.5. The van der Waals surface area contributed by atoms with Gasteiger partial charge in [-0.3, -0.25) is 4.21 Å². The Labute approximate surface area is 177 Å². The molecule has 0 aromatic heterocycles. The van der Waals surface area contributed by atoms with Crippen LogP contribution in [0.25, 0.3) is 0 Å². The van der Waals surface area contributed by atoms with Crippen molar-refractivity contribution in [3.8, 4) is 5.75 Å². The van der Waals surface area contributed by atoms with Crippen molar-refractivity contribution in [2.75, 3.05) is 18.8 Å². The molecule has 0 N–H and O–H groups in total. The minimum absolute atomic E-state index is 0.200. The summed E-state index contributed by atoms with van der Waals surface area (Å²) in [6.45, 7) is 13.0. The number of hydrogen-bond donors (Lipinski definition) is 0. The fourth-order valence-corrected chi connectivity index (χ4v) is 5.29. The van der Waals surface area contributed by atoms with E-state index in [-0.39, 0.29) is 22.4 Å². The summed E-state index contributed by atoms with van der Waals surface area (Å²) in [6, 6.07) is 8.20. The van der Waals surface area contributed by atoms with E-state index in [9.17, 15) is 9.00 Å².